The molecular weight excluding hydrogens is 620 g/mol. The Kier molecular flexibility index (Phi) is 9.32. The number of ether oxygens (including phenoxy) is 2. The number of amides is 2. The first-order valence-electron chi connectivity index (χ1n) is 15.2. The molecule has 2 fully saturated rings. The first-order valence-corrected chi connectivity index (χ1v) is 16.8. The number of pyridine rings is 1. The van der Waals surface area contributed by atoms with Crippen molar-refractivity contribution >= 4 is 27.8 Å². The number of hydrogen-bond acceptors (Lipinski definition) is 8. The van der Waals surface area contributed by atoms with E-state index in [4.69, 9.17) is 9.47 Å². The van der Waals surface area contributed by atoms with Crippen LogP contribution in [-0.4, -0.2) is 78.7 Å². The van der Waals surface area contributed by atoms with E-state index in [9.17, 15) is 22.8 Å². The molecular formula is C35H34N4O7S. The number of nitrogens with zero attached hydrogens (tertiary/aromatic N) is 3. The van der Waals surface area contributed by atoms with Crippen molar-refractivity contribution in [1.29, 1.82) is 0 Å². The van der Waals surface area contributed by atoms with Gasteiger partial charge in [0, 0.05) is 19.2 Å². The average molecular weight is 655 g/mol. The van der Waals surface area contributed by atoms with Crippen LogP contribution in [0, 0.1) is 0 Å². The van der Waals surface area contributed by atoms with Gasteiger partial charge in [-0.15, -0.1) is 0 Å². The third kappa shape index (κ3) is 7.18. The van der Waals surface area contributed by atoms with Gasteiger partial charge < -0.3 is 19.7 Å². The molecule has 1 N–H and O–H groups in total. The van der Waals surface area contributed by atoms with E-state index < -0.39 is 40.1 Å². The van der Waals surface area contributed by atoms with Gasteiger partial charge in [-0.25, -0.2) is 13.2 Å². The summed E-state index contributed by atoms with van der Waals surface area (Å²) < 4.78 is 38.7. The summed E-state index contributed by atoms with van der Waals surface area (Å²) in [5, 5.41) is 2.70. The molecule has 242 valence electrons. The number of sulfonamides is 1. The lowest BCUT2D eigenvalue weighted by atomic mass is 10.0. The molecule has 2 aliphatic rings. The van der Waals surface area contributed by atoms with E-state index in [1.165, 1.54) is 15.4 Å². The highest BCUT2D eigenvalue weighted by Gasteiger charge is 2.54. The maximum atomic E-state index is 14.1. The number of benzene rings is 3. The molecule has 3 atom stereocenters. The van der Waals surface area contributed by atoms with Crippen LogP contribution in [0.5, 0.6) is 11.5 Å². The van der Waals surface area contributed by atoms with Crippen LogP contribution in [0.25, 0.3) is 11.1 Å². The van der Waals surface area contributed by atoms with Crippen LogP contribution in [0.3, 0.4) is 0 Å². The van der Waals surface area contributed by atoms with Crippen molar-refractivity contribution in [3.63, 3.8) is 0 Å². The second kappa shape index (κ2) is 13.7. The van der Waals surface area contributed by atoms with E-state index in [1.807, 2.05) is 42.5 Å². The van der Waals surface area contributed by atoms with Crippen molar-refractivity contribution in [1.82, 2.24) is 19.5 Å². The zero-order valence-electron chi connectivity index (χ0n) is 25.7. The number of Topliss-reactive ketones (excluding diaryl/α,β-unsaturated/α-hetero) is 1. The summed E-state index contributed by atoms with van der Waals surface area (Å²) in [5.41, 5.74) is 3.07. The maximum absolute atomic E-state index is 14.1. The molecule has 0 radical (unpaired) electrons. The second-order valence-corrected chi connectivity index (χ2v) is 13.4. The Hall–Kier alpha value is -5.07. The number of fused-ring (bicyclic) bond motifs is 1. The zero-order chi connectivity index (χ0) is 33.0. The number of carbonyl (C=O) groups excluding carboxylic acids is 3. The fraction of sp³-hybridized carbons (Fsp3) is 0.257. The molecule has 0 spiro atoms. The number of nitrogens with one attached hydrogen (secondary N) is 1. The fourth-order valence-electron chi connectivity index (χ4n) is 6.16. The molecule has 3 unspecified atom stereocenters. The number of likely N-dealkylation sites (tertiary alicyclic amines) is 1. The molecule has 11 nitrogen and oxygen atoms in total. The highest BCUT2D eigenvalue weighted by atomic mass is 32.2. The summed E-state index contributed by atoms with van der Waals surface area (Å²) in [7, 11) is -2.34. The molecule has 0 aliphatic carbocycles. The van der Waals surface area contributed by atoms with Gasteiger partial charge in [-0.1, -0.05) is 60.7 Å². The van der Waals surface area contributed by atoms with Crippen LogP contribution < -0.4 is 14.8 Å². The topological polar surface area (TPSA) is 135 Å². The number of ketones is 1. The Morgan fingerprint density at radius 1 is 0.915 bits per heavy atom. The zero-order valence-corrected chi connectivity index (χ0v) is 26.5. The largest absolute Gasteiger partial charge is 0.497 e. The molecule has 1 aromatic heterocycles. The van der Waals surface area contributed by atoms with Gasteiger partial charge in [-0.05, 0) is 59.5 Å². The monoisotopic (exact) mass is 654 g/mol. The van der Waals surface area contributed by atoms with Crippen molar-refractivity contribution in [3.05, 3.63) is 115 Å². The minimum atomic E-state index is -3.89. The van der Waals surface area contributed by atoms with Gasteiger partial charge in [0.1, 0.15) is 29.3 Å². The van der Waals surface area contributed by atoms with Gasteiger partial charge in [-0.3, -0.25) is 14.6 Å². The molecule has 0 bridgehead atoms. The van der Waals surface area contributed by atoms with Crippen molar-refractivity contribution in [2.45, 2.75) is 36.7 Å². The Labute approximate surface area is 273 Å². The normalized spacial score (nSPS) is 18.4. The average Bonchev–Trinajstić information content (AvgIpc) is 3.67. The van der Waals surface area contributed by atoms with Gasteiger partial charge in [0.25, 0.3) is 0 Å². The third-order valence-electron chi connectivity index (χ3n) is 8.44. The Morgan fingerprint density at radius 2 is 1.60 bits per heavy atom. The summed E-state index contributed by atoms with van der Waals surface area (Å²) in [4.78, 5) is 46.0. The SMILES string of the molecule is COc1ccc(CC(NC(=O)Oc2ccc(-c3ccccc3)cc2)C(=O)N2CCC3C2C(=O)CN3S(=O)(=O)Cc2ccccn2)cc1. The number of carbonyl (C=O) groups is 3. The third-order valence-corrected chi connectivity index (χ3v) is 10.2. The number of hydrogen-bond donors (Lipinski definition) is 1. The summed E-state index contributed by atoms with van der Waals surface area (Å²) in [5.74, 6) is -0.289. The molecule has 3 heterocycles. The summed E-state index contributed by atoms with van der Waals surface area (Å²) in [6, 6.07) is 26.1. The van der Waals surface area contributed by atoms with Gasteiger partial charge in [0.15, 0.2) is 5.78 Å². The van der Waals surface area contributed by atoms with Crippen LogP contribution in [0.15, 0.2) is 103 Å². The molecule has 3 aromatic carbocycles. The van der Waals surface area contributed by atoms with Crippen molar-refractivity contribution in [2.75, 3.05) is 20.2 Å². The van der Waals surface area contributed by atoms with Crippen LogP contribution in [0.4, 0.5) is 4.79 Å². The van der Waals surface area contributed by atoms with Crippen LogP contribution >= 0.6 is 0 Å². The Bertz CT molecular complexity index is 1840. The molecule has 6 rings (SSSR count). The summed E-state index contributed by atoms with van der Waals surface area (Å²) in [6.45, 7) is -0.168. The van der Waals surface area contributed by atoms with E-state index in [2.05, 4.69) is 10.3 Å². The molecule has 47 heavy (non-hydrogen) atoms. The summed E-state index contributed by atoms with van der Waals surface area (Å²) >= 11 is 0. The van der Waals surface area contributed by atoms with Gasteiger partial charge in [0.2, 0.25) is 15.9 Å². The van der Waals surface area contributed by atoms with Crippen molar-refractivity contribution in [3.8, 4) is 22.6 Å². The van der Waals surface area contributed by atoms with E-state index >= 15 is 0 Å². The van der Waals surface area contributed by atoms with Gasteiger partial charge in [-0.2, -0.15) is 4.31 Å². The fourth-order valence-corrected chi connectivity index (χ4v) is 7.83. The van der Waals surface area contributed by atoms with Crippen LogP contribution in [0.1, 0.15) is 17.7 Å². The van der Waals surface area contributed by atoms with Crippen LogP contribution in [-0.2, 0) is 31.8 Å². The number of methoxy groups -OCH3 is 1. The highest BCUT2D eigenvalue weighted by Crippen LogP contribution is 2.33. The lowest BCUT2D eigenvalue weighted by Gasteiger charge is -2.28. The minimum Gasteiger partial charge on any atom is -0.497 e. The lowest BCUT2D eigenvalue weighted by Crippen LogP contribution is -2.53. The lowest BCUT2D eigenvalue weighted by molar-refractivity contribution is -0.138. The molecule has 4 aromatic rings. The first kappa shape index (κ1) is 31.9. The Balaban J connectivity index is 1.18. The Morgan fingerprint density at radius 3 is 2.28 bits per heavy atom. The molecule has 2 saturated heterocycles. The predicted octanol–water partition coefficient (Wildman–Crippen LogP) is 3.84. The number of aromatic nitrogens is 1. The van der Waals surface area contributed by atoms with Crippen LogP contribution in [0.2, 0.25) is 0 Å². The smallest absolute Gasteiger partial charge is 0.413 e. The van der Waals surface area contributed by atoms with Crippen molar-refractivity contribution < 1.29 is 32.3 Å². The quantitative estimate of drug-likeness (QED) is 0.273. The van der Waals surface area contributed by atoms with E-state index in [0.717, 1.165) is 16.7 Å². The molecule has 0 saturated carbocycles. The second-order valence-electron chi connectivity index (χ2n) is 11.5. The minimum absolute atomic E-state index is 0.106. The van der Waals surface area contributed by atoms with Gasteiger partial charge in [0.05, 0.1) is 25.4 Å². The molecule has 2 aliphatic heterocycles. The van der Waals surface area contributed by atoms with E-state index in [-0.39, 0.29) is 37.5 Å². The molecule has 12 heteroatoms. The highest BCUT2D eigenvalue weighted by molar-refractivity contribution is 7.88. The maximum Gasteiger partial charge on any atom is 0.413 e. The first-order chi connectivity index (χ1) is 22.7. The standard InChI is InChI=1S/C35H34N4O7S/c1-45-28-14-10-24(11-15-28)21-30(37-35(42)46-29-16-12-26(13-17-29)25-7-3-2-4-8-25)34(41)38-20-18-31-33(38)32(40)22-39(31)47(43,44)23-27-9-5-6-19-36-27/h2-17,19,30-31,33H,18,20-23H2,1H3,(H,37,42). The van der Waals surface area contributed by atoms with Gasteiger partial charge >= 0.3 is 6.09 Å². The van der Waals surface area contributed by atoms with Crippen molar-refractivity contribution in [2.24, 2.45) is 0 Å². The van der Waals surface area contributed by atoms with E-state index in [1.54, 1.807) is 61.7 Å². The van der Waals surface area contributed by atoms with E-state index in [0.29, 0.717) is 17.2 Å². The summed E-state index contributed by atoms with van der Waals surface area (Å²) in [6.07, 6.45) is 1.07. The number of rotatable bonds is 10. The molecule has 2 amide bonds. The predicted molar refractivity (Wildman–Crippen MR) is 174 cm³/mol.